The number of nitrogens with two attached hydrogens (primary N) is 1. The second kappa shape index (κ2) is 5.50. The molecule has 0 radical (unpaired) electrons. The lowest BCUT2D eigenvalue weighted by atomic mass is 9.72. The van der Waals surface area contributed by atoms with Crippen molar-refractivity contribution in [1.82, 2.24) is 4.90 Å². The molecule has 0 heterocycles. The van der Waals surface area contributed by atoms with E-state index in [0.717, 1.165) is 5.92 Å². The van der Waals surface area contributed by atoms with Crippen molar-refractivity contribution in [3.8, 4) is 0 Å². The topological polar surface area (TPSA) is 29.3 Å². The Morgan fingerprint density at radius 1 is 1.44 bits per heavy atom. The van der Waals surface area contributed by atoms with E-state index < -0.39 is 0 Å². The van der Waals surface area contributed by atoms with Gasteiger partial charge in [0.2, 0.25) is 0 Å². The van der Waals surface area contributed by atoms with Gasteiger partial charge in [-0.15, -0.1) is 0 Å². The molecule has 0 bridgehead atoms. The molecule has 3 atom stereocenters. The predicted octanol–water partition coefficient (Wildman–Crippen LogP) is 2.87. The highest BCUT2D eigenvalue weighted by Gasteiger charge is 2.35. The highest BCUT2D eigenvalue weighted by Crippen LogP contribution is 2.36. The number of rotatable bonds is 4. The molecule has 0 aromatic carbocycles. The lowest BCUT2D eigenvalue weighted by molar-refractivity contribution is 0.0865. The lowest BCUT2D eigenvalue weighted by Crippen LogP contribution is -2.52. The SMILES string of the molecule is CCC(C)CN(C)C1CC(C)(C)CCC1N. The van der Waals surface area contributed by atoms with Crippen LogP contribution in [0.25, 0.3) is 0 Å². The largest absolute Gasteiger partial charge is 0.326 e. The zero-order valence-electron chi connectivity index (χ0n) is 11.8. The van der Waals surface area contributed by atoms with Crippen molar-refractivity contribution in [2.45, 2.75) is 65.5 Å². The third-order valence-electron chi connectivity index (χ3n) is 4.27. The van der Waals surface area contributed by atoms with E-state index in [1.54, 1.807) is 0 Å². The van der Waals surface area contributed by atoms with Crippen LogP contribution >= 0.6 is 0 Å². The van der Waals surface area contributed by atoms with Gasteiger partial charge in [-0.05, 0) is 37.6 Å². The minimum Gasteiger partial charge on any atom is -0.326 e. The van der Waals surface area contributed by atoms with Crippen LogP contribution in [0.15, 0.2) is 0 Å². The van der Waals surface area contributed by atoms with E-state index in [4.69, 9.17) is 5.73 Å². The van der Waals surface area contributed by atoms with Gasteiger partial charge in [0.25, 0.3) is 0 Å². The van der Waals surface area contributed by atoms with Gasteiger partial charge in [-0.3, -0.25) is 0 Å². The number of likely N-dealkylation sites (N-methyl/N-ethyl adjacent to an activating group) is 1. The summed E-state index contributed by atoms with van der Waals surface area (Å²) in [5.74, 6) is 0.780. The van der Waals surface area contributed by atoms with Gasteiger partial charge in [-0.1, -0.05) is 34.1 Å². The Balaban J connectivity index is 2.55. The molecule has 1 fully saturated rings. The summed E-state index contributed by atoms with van der Waals surface area (Å²) in [5, 5.41) is 0. The van der Waals surface area contributed by atoms with E-state index in [2.05, 4.69) is 39.6 Å². The minimum atomic E-state index is 0.377. The second-order valence-electron chi connectivity index (χ2n) is 6.59. The molecule has 16 heavy (non-hydrogen) atoms. The Morgan fingerprint density at radius 2 is 2.06 bits per heavy atom. The monoisotopic (exact) mass is 226 g/mol. The molecule has 96 valence electrons. The van der Waals surface area contributed by atoms with E-state index in [1.807, 2.05) is 0 Å². The third kappa shape index (κ3) is 3.74. The smallest absolute Gasteiger partial charge is 0.0249 e. The Kier molecular flexibility index (Phi) is 4.81. The Morgan fingerprint density at radius 3 is 2.62 bits per heavy atom. The quantitative estimate of drug-likeness (QED) is 0.798. The van der Waals surface area contributed by atoms with Gasteiger partial charge in [0.05, 0.1) is 0 Å². The normalized spacial score (nSPS) is 31.7. The first kappa shape index (κ1) is 14.0. The van der Waals surface area contributed by atoms with E-state index in [-0.39, 0.29) is 0 Å². The van der Waals surface area contributed by atoms with Crippen molar-refractivity contribution in [3.63, 3.8) is 0 Å². The molecule has 1 aliphatic rings. The fraction of sp³-hybridized carbons (Fsp3) is 1.00. The summed E-state index contributed by atoms with van der Waals surface area (Å²) in [7, 11) is 2.25. The molecule has 3 unspecified atom stereocenters. The summed E-state index contributed by atoms with van der Waals surface area (Å²) >= 11 is 0. The van der Waals surface area contributed by atoms with Crippen LogP contribution in [0.3, 0.4) is 0 Å². The van der Waals surface area contributed by atoms with Crippen LogP contribution in [-0.2, 0) is 0 Å². The Hall–Kier alpha value is -0.0800. The van der Waals surface area contributed by atoms with Crippen molar-refractivity contribution in [2.24, 2.45) is 17.1 Å². The van der Waals surface area contributed by atoms with Crippen LogP contribution in [0, 0.1) is 11.3 Å². The first-order valence-corrected chi connectivity index (χ1v) is 6.81. The Labute approximate surface area is 102 Å². The summed E-state index contributed by atoms with van der Waals surface area (Å²) in [6.07, 6.45) is 4.97. The van der Waals surface area contributed by atoms with Gasteiger partial charge in [0, 0.05) is 18.6 Å². The molecule has 1 rings (SSSR count). The van der Waals surface area contributed by atoms with Crippen LogP contribution in [0.5, 0.6) is 0 Å². The number of hydrogen-bond donors (Lipinski definition) is 1. The summed E-state index contributed by atoms with van der Waals surface area (Å²) in [6.45, 7) is 10.5. The molecule has 1 aliphatic carbocycles. The Bertz CT molecular complexity index is 213. The molecule has 0 aliphatic heterocycles. The summed E-state index contributed by atoms with van der Waals surface area (Å²) < 4.78 is 0. The van der Waals surface area contributed by atoms with Gasteiger partial charge >= 0.3 is 0 Å². The van der Waals surface area contributed by atoms with Crippen molar-refractivity contribution < 1.29 is 0 Å². The standard InChI is InChI=1S/C14H30N2/c1-6-11(2)10-16(5)13-9-14(3,4)8-7-12(13)15/h11-13H,6-10,15H2,1-5H3. The van der Waals surface area contributed by atoms with E-state index in [0.29, 0.717) is 17.5 Å². The summed E-state index contributed by atoms with van der Waals surface area (Å²) in [5.41, 5.74) is 6.75. The molecule has 1 saturated carbocycles. The van der Waals surface area contributed by atoms with E-state index in [1.165, 1.54) is 32.2 Å². The van der Waals surface area contributed by atoms with Crippen LogP contribution < -0.4 is 5.73 Å². The van der Waals surface area contributed by atoms with Crippen LogP contribution in [0.4, 0.5) is 0 Å². The van der Waals surface area contributed by atoms with Crippen LogP contribution in [0.2, 0.25) is 0 Å². The van der Waals surface area contributed by atoms with Crippen molar-refractivity contribution in [1.29, 1.82) is 0 Å². The first-order chi connectivity index (χ1) is 7.35. The predicted molar refractivity (Wildman–Crippen MR) is 71.5 cm³/mol. The lowest BCUT2D eigenvalue weighted by Gasteiger charge is -2.44. The number of hydrogen-bond acceptors (Lipinski definition) is 2. The van der Waals surface area contributed by atoms with Crippen molar-refractivity contribution >= 4 is 0 Å². The molecular formula is C14H30N2. The fourth-order valence-electron chi connectivity index (χ4n) is 2.81. The maximum absolute atomic E-state index is 6.28. The van der Waals surface area contributed by atoms with Crippen LogP contribution in [-0.4, -0.2) is 30.6 Å². The van der Waals surface area contributed by atoms with E-state index >= 15 is 0 Å². The highest BCUT2D eigenvalue weighted by molar-refractivity contribution is 4.92. The molecule has 2 heteroatoms. The van der Waals surface area contributed by atoms with E-state index in [9.17, 15) is 0 Å². The van der Waals surface area contributed by atoms with Gasteiger partial charge in [-0.25, -0.2) is 0 Å². The number of nitrogens with zero attached hydrogens (tertiary/aromatic N) is 1. The molecule has 0 spiro atoms. The fourth-order valence-corrected chi connectivity index (χ4v) is 2.81. The van der Waals surface area contributed by atoms with Gasteiger partial charge < -0.3 is 10.6 Å². The maximum Gasteiger partial charge on any atom is 0.0249 e. The molecule has 0 aromatic rings. The molecule has 0 saturated heterocycles. The zero-order valence-corrected chi connectivity index (χ0v) is 11.8. The van der Waals surface area contributed by atoms with Crippen LogP contribution in [0.1, 0.15) is 53.4 Å². The molecule has 0 aromatic heterocycles. The summed E-state index contributed by atoms with van der Waals surface area (Å²) in [6, 6.07) is 0.958. The molecule has 2 nitrogen and oxygen atoms in total. The van der Waals surface area contributed by atoms with Crippen molar-refractivity contribution in [2.75, 3.05) is 13.6 Å². The second-order valence-corrected chi connectivity index (χ2v) is 6.59. The first-order valence-electron chi connectivity index (χ1n) is 6.81. The summed E-state index contributed by atoms with van der Waals surface area (Å²) in [4.78, 5) is 2.50. The average molecular weight is 226 g/mol. The third-order valence-corrected chi connectivity index (χ3v) is 4.27. The maximum atomic E-state index is 6.28. The minimum absolute atomic E-state index is 0.377. The van der Waals surface area contributed by atoms with Gasteiger partial charge in [0.15, 0.2) is 0 Å². The van der Waals surface area contributed by atoms with Gasteiger partial charge in [-0.2, -0.15) is 0 Å². The highest BCUT2D eigenvalue weighted by atomic mass is 15.1. The molecular weight excluding hydrogens is 196 g/mol. The van der Waals surface area contributed by atoms with Gasteiger partial charge in [0.1, 0.15) is 0 Å². The van der Waals surface area contributed by atoms with Crippen molar-refractivity contribution in [3.05, 3.63) is 0 Å². The average Bonchev–Trinajstić information content (AvgIpc) is 2.21. The molecule has 0 amide bonds. The molecule has 2 N–H and O–H groups in total. The zero-order chi connectivity index (χ0) is 12.3.